The van der Waals surface area contributed by atoms with Gasteiger partial charge in [-0.05, 0) is 37.1 Å². The molecule has 1 unspecified atom stereocenters. The molecule has 0 saturated carbocycles. The number of aromatic nitrogens is 3. The van der Waals surface area contributed by atoms with Gasteiger partial charge in [-0.2, -0.15) is 0 Å². The Balaban J connectivity index is 1.45. The zero-order valence-electron chi connectivity index (χ0n) is 16.5. The Morgan fingerprint density at radius 3 is 2.93 bits per heavy atom. The fraction of sp³-hybridized carbons (Fsp3) is 0.318. The van der Waals surface area contributed by atoms with Crippen LogP contribution in [0, 0.1) is 6.92 Å². The van der Waals surface area contributed by atoms with E-state index in [4.69, 9.17) is 4.74 Å². The van der Waals surface area contributed by atoms with E-state index < -0.39 is 0 Å². The third-order valence-electron chi connectivity index (χ3n) is 5.03. The van der Waals surface area contributed by atoms with Gasteiger partial charge in [0.1, 0.15) is 5.69 Å². The Kier molecular flexibility index (Phi) is 5.97. The molecule has 0 radical (unpaired) electrons. The molecule has 1 amide bonds. The highest BCUT2D eigenvalue weighted by molar-refractivity contribution is 6.05. The van der Waals surface area contributed by atoms with E-state index in [0.717, 1.165) is 55.2 Å². The minimum Gasteiger partial charge on any atom is -0.376 e. The number of nitrogens with one attached hydrogen (secondary N) is 2. The standard InChI is InChI=1S/C22H25N5O2/c1-16-7-8-17(13-20(16)22(28)24-18-5-3-2-4-6-18)21-15-27(26-25-21)11-9-19-14-23-10-12-29-19/h2-8,13,15,19,23H,9-12,14H2,1H3,(H,24,28). The number of carbonyl (C=O) groups is 1. The highest BCUT2D eigenvalue weighted by Gasteiger charge is 2.15. The second-order valence-corrected chi connectivity index (χ2v) is 7.20. The Morgan fingerprint density at radius 2 is 2.14 bits per heavy atom. The molecule has 7 nitrogen and oxygen atoms in total. The van der Waals surface area contributed by atoms with Crippen LogP contribution >= 0.6 is 0 Å². The first kappa shape index (κ1) is 19.3. The number of nitrogens with zero attached hydrogens (tertiary/aromatic N) is 3. The molecular weight excluding hydrogens is 366 g/mol. The number of aryl methyl sites for hydroxylation is 2. The number of morpholine rings is 1. The first-order valence-corrected chi connectivity index (χ1v) is 9.89. The van der Waals surface area contributed by atoms with Gasteiger partial charge in [-0.1, -0.05) is 35.5 Å². The van der Waals surface area contributed by atoms with E-state index in [-0.39, 0.29) is 12.0 Å². The Bertz CT molecular complexity index is 964. The summed E-state index contributed by atoms with van der Waals surface area (Å²) >= 11 is 0. The molecule has 0 bridgehead atoms. The minimum atomic E-state index is -0.134. The second kappa shape index (κ2) is 8.98. The van der Waals surface area contributed by atoms with Crippen LogP contribution < -0.4 is 10.6 Å². The van der Waals surface area contributed by atoms with Gasteiger partial charge in [0, 0.05) is 36.4 Å². The average Bonchev–Trinajstić information content (AvgIpc) is 3.23. The molecule has 150 valence electrons. The summed E-state index contributed by atoms with van der Waals surface area (Å²) < 4.78 is 7.56. The Labute approximate surface area is 170 Å². The molecule has 2 aromatic carbocycles. The minimum absolute atomic E-state index is 0.134. The lowest BCUT2D eigenvalue weighted by atomic mass is 10.0. The summed E-state index contributed by atoms with van der Waals surface area (Å²) in [7, 11) is 0. The number of amides is 1. The lowest BCUT2D eigenvalue weighted by molar-refractivity contribution is 0.0204. The van der Waals surface area contributed by atoms with Crippen LogP contribution in [0.15, 0.2) is 54.7 Å². The van der Waals surface area contributed by atoms with E-state index in [0.29, 0.717) is 5.56 Å². The van der Waals surface area contributed by atoms with E-state index in [1.54, 1.807) is 0 Å². The molecule has 3 aromatic rings. The van der Waals surface area contributed by atoms with Gasteiger partial charge in [0.15, 0.2) is 0 Å². The summed E-state index contributed by atoms with van der Waals surface area (Å²) in [6, 6.07) is 15.2. The average molecular weight is 391 g/mol. The van der Waals surface area contributed by atoms with Gasteiger partial charge in [-0.15, -0.1) is 5.10 Å². The van der Waals surface area contributed by atoms with Crippen molar-refractivity contribution in [3.8, 4) is 11.3 Å². The van der Waals surface area contributed by atoms with Crippen molar-refractivity contribution in [2.45, 2.75) is 26.0 Å². The molecule has 0 spiro atoms. The number of carbonyl (C=O) groups excluding carboxylic acids is 1. The molecule has 1 fully saturated rings. The number of ether oxygens (including phenoxy) is 1. The fourth-order valence-corrected chi connectivity index (χ4v) is 3.37. The molecule has 1 aliphatic heterocycles. The lowest BCUT2D eigenvalue weighted by Crippen LogP contribution is -2.38. The van der Waals surface area contributed by atoms with Crippen LogP contribution in [0.25, 0.3) is 11.3 Å². The summed E-state index contributed by atoms with van der Waals surface area (Å²) in [5.74, 6) is -0.134. The molecule has 2 N–H and O–H groups in total. The topological polar surface area (TPSA) is 81.1 Å². The maximum Gasteiger partial charge on any atom is 0.255 e. The molecule has 1 saturated heterocycles. The smallest absolute Gasteiger partial charge is 0.255 e. The van der Waals surface area contributed by atoms with E-state index in [1.165, 1.54) is 0 Å². The van der Waals surface area contributed by atoms with Crippen LogP contribution in [0.3, 0.4) is 0 Å². The molecule has 29 heavy (non-hydrogen) atoms. The van der Waals surface area contributed by atoms with Crippen molar-refractivity contribution < 1.29 is 9.53 Å². The van der Waals surface area contributed by atoms with Gasteiger partial charge in [0.25, 0.3) is 5.91 Å². The summed E-state index contributed by atoms with van der Waals surface area (Å²) in [5.41, 5.74) is 3.93. The third kappa shape index (κ3) is 4.88. The molecule has 7 heteroatoms. The monoisotopic (exact) mass is 391 g/mol. The predicted octanol–water partition coefficient (Wildman–Crippen LogP) is 2.88. The number of hydrogen-bond acceptors (Lipinski definition) is 5. The SMILES string of the molecule is Cc1ccc(-c2cn(CCC3CNCCO3)nn2)cc1C(=O)Nc1ccccc1. The molecule has 1 aliphatic rings. The number of benzene rings is 2. The van der Waals surface area contributed by atoms with Crippen molar-refractivity contribution >= 4 is 11.6 Å². The van der Waals surface area contributed by atoms with Crippen molar-refractivity contribution in [1.82, 2.24) is 20.3 Å². The summed E-state index contributed by atoms with van der Waals surface area (Å²) in [5, 5.41) is 14.8. The molecule has 1 aromatic heterocycles. The third-order valence-corrected chi connectivity index (χ3v) is 5.03. The number of para-hydroxylation sites is 1. The first-order valence-electron chi connectivity index (χ1n) is 9.89. The van der Waals surface area contributed by atoms with E-state index in [9.17, 15) is 4.79 Å². The fourth-order valence-electron chi connectivity index (χ4n) is 3.37. The van der Waals surface area contributed by atoms with Gasteiger partial charge in [-0.25, -0.2) is 0 Å². The molecule has 2 heterocycles. The van der Waals surface area contributed by atoms with Crippen LogP contribution in [-0.4, -0.2) is 46.7 Å². The van der Waals surface area contributed by atoms with Crippen molar-refractivity contribution in [2.75, 3.05) is 25.0 Å². The Hall–Kier alpha value is -3.03. The van der Waals surface area contributed by atoms with E-state index in [2.05, 4.69) is 20.9 Å². The zero-order chi connectivity index (χ0) is 20.1. The van der Waals surface area contributed by atoms with Gasteiger partial charge >= 0.3 is 0 Å². The number of rotatable bonds is 6. The van der Waals surface area contributed by atoms with Crippen molar-refractivity contribution in [3.05, 3.63) is 65.9 Å². The van der Waals surface area contributed by atoms with E-state index >= 15 is 0 Å². The zero-order valence-corrected chi connectivity index (χ0v) is 16.5. The quantitative estimate of drug-likeness (QED) is 0.675. The van der Waals surface area contributed by atoms with Crippen molar-refractivity contribution in [1.29, 1.82) is 0 Å². The van der Waals surface area contributed by atoms with Crippen molar-refractivity contribution in [3.63, 3.8) is 0 Å². The summed E-state index contributed by atoms with van der Waals surface area (Å²) in [4.78, 5) is 12.7. The Morgan fingerprint density at radius 1 is 1.28 bits per heavy atom. The molecular formula is C22H25N5O2. The first-order chi connectivity index (χ1) is 14.2. The summed E-state index contributed by atoms with van der Waals surface area (Å²) in [6.07, 6.45) is 3.01. The largest absolute Gasteiger partial charge is 0.376 e. The van der Waals surface area contributed by atoms with Crippen LogP contribution in [0.4, 0.5) is 5.69 Å². The highest BCUT2D eigenvalue weighted by atomic mass is 16.5. The normalized spacial score (nSPS) is 16.5. The van der Waals surface area contributed by atoms with Crippen molar-refractivity contribution in [2.24, 2.45) is 0 Å². The number of anilines is 1. The van der Waals surface area contributed by atoms with Gasteiger partial charge in [0.2, 0.25) is 0 Å². The molecule has 1 atom stereocenters. The second-order valence-electron chi connectivity index (χ2n) is 7.20. The maximum absolute atomic E-state index is 12.7. The van der Waals surface area contributed by atoms with Crippen LogP contribution in [-0.2, 0) is 11.3 Å². The van der Waals surface area contributed by atoms with Gasteiger partial charge < -0.3 is 15.4 Å². The number of hydrogen-bond donors (Lipinski definition) is 2. The van der Waals surface area contributed by atoms with Crippen LogP contribution in [0.2, 0.25) is 0 Å². The van der Waals surface area contributed by atoms with Gasteiger partial charge in [0.05, 0.1) is 18.9 Å². The predicted molar refractivity (Wildman–Crippen MR) is 112 cm³/mol. The van der Waals surface area contributed by atoms with Crippen LogP contribution in [0.5, 0.6) is 0 Å². The van der Waals surface area contributed by atoms with E-state index in [1.807, 2.05) is 66.3 Å². The lowest BCUT2D eigenvalue weighted by Gasteiger charge is -2.23. The maximum atomic E-state index is 12.7. The summed E-state index contributed by atoms with van der Waals surface area (Å²) in [6.45, 7) is 5.22. The highest BCUT2D eigenvalue weighted by Crippen LogP contribution is 2.21. The van der Waals surface area contributed by atoms with Gasteiger partial charge in [-0.3, -0.25) is 9.48 Å². The molecule has 0 aliphatic carbocycles. The molecule has 4 rings (SSSR count). The van der Waals surface area contributed by atoms with Crippen LogP contribution in [0.1, 0.15) is 22.3 Å².